The van der Waals surface area contributed by atoms with Gasteiger partial charge >= 0.3 is 6.09 Å². The highest BCUT2D eigenvalue weighted by atomic mass is 16.6. The van der Waals surface area contributed by atoms with Crippen LogP contribution in [0.4, 0.5) is 4.79 Å². The highest BCUT2D eigenvalue weighted by Crippen LogP contribution is 2.34. The first-order valence-electron chi connectivity index (χ1n) is 8.16. The van der Waals surface area contributed by atoms with Crippen molar-refractivity contribution in [3.8, 4) is 0 Å². The van der Waals surface area contributed by atoms with E-state index in [1.165, 1.54) is 17.5 Å². The lowest BCUT2D eigenvalue weighted by atomic mass is 9.79. The van der Waals surface area contributed by atoms with E-state index in [9.17, 15) is 4.79 Å². The first-order valence-corrected chi connectivity index (χ1v) is 8.16. The molecule has 0 aliphatic heterocycles. The van der Waals surface area contributed by atoms with E-state index >= 15 is 0 Å². The minimum Gasteiger partial charge on any atom is -0.444 e. The van der Waals surface area contributed by atoms with Crippen LogP contribution in [-0.4, -0.2) is 24.3 Å². The zero-order valence-corrected chi connectivity index (χ0v) is 13.9. The van der Waals surface area contributed by atoms with Crippen LogP contribution < -0.4 is 11.1 Å². The van der Waals surface area contributed by atoms with Gasteiger partial charge in [-0.15, -0.1) is 0 Å². The van der Waals surface area contributed by atoms with Crippen molar-refractivity contribution in [1.82, 2.24) is 5.32 Å². The molecule has 0 radical (unpaired) electrons. The van der Waals surface area contributed by atoms with Crippen molar-refractivity contribution in [3.63, 3.8) is 0 Å². The van der Waals surface area contributed by atoms with E-state index in [0.29, 0.717) is 12.5 Å². The fourth-order valence-electron chi connectivity index (χ4n) is 3.13. The van der Waals surface area contributed by atoms with Crippen molar-refractivity contribution in [1.29, 1.82) is 0 Å². The Morgan fingerprint density at radius 3 is 2.82 bits per heavy atom. The van der Waals surface area contributed by atoms with Crippen LogP contribution in [0.2, 0.25) is 0 Å². The molecular formula is C18H28N2O2. The minimum atomic E-state index is -0.485. The van der Waals surface area contributed by atoms with Crippen molar-refractivity contribution in [3.05, 3.63) is 35.4 Å². The highest BCUT2D eigenvalue weighted by Gasteiger charge is 2.25. The predicted molar refractivity (Wildman–Crippen MR) is 89.0 cm³/mol. The van der Waals surface area contributed by atoms with Gasteiger partial charge in [0.2, 0.25) is 0 Å². The van der Waals surface area contributed by atoms with Crippen LogP contribution in [0.5, 0.6) is 0 Å². The van der Waals surface area contributed by atoms with Gasteiger partial charge in [-0.1, -0.05) is 24.3 Å². The van der Waals surface area contributed by atoms with Crippen LogP contribution in [0.25, 0.3) is 0 Å². The molecule has 2 unspecified atom stereocenters. The molecule has 2 rings (SSSR count). The number of carbonyl (C=O) groups is 1. The molecular weight excluding hydrogens is 276 g/mol. The number of aryl methyl sites for hydroxylation is 1. The monoisotopic (exact) mass is 304 g/mol. The van der Waals surface area contributed by atoms with Crippen molar-refractivity contribution >= 4 is 6.09 Å². The number of amides is 1. The first-order chi connectivity index (χ1) is 10.4. The molecule has 0 bridgehead atoms. The number of nitrogens with two attached hydrogens (primary N) is 1. The number of ether oxygens (including phenoxy) is 1. The van der Waals surface area contributed by atoms with Gasteiger partial charge < -0.3 is 15.8 Å². The van der Waals surface area contributed by atoms with Crippen LogP contribution in [0.1, 0.15) is 57.1 Å². The summed E-state index contributed by atoms with van der Waals surface area (Å²) in [5.41, 5.74) is 8.22. The summed E-state index contributed by atoms with van der Waals surface area (Å²) in [6, 6.07) is 8.56. The average Bonchev–Trinajstić information content (AvgIpc) is 2.45. The zero-order chi connectivity index (χ0) is 16.2. The maximum Gasteiger partial charge on any atom is 0.407 e. The van der Waals surface area contributed by atoms with Gasteiger partial charge in [-0.05, 0) is 63.5 Å². The van der Waals surface area contributed by atoms with E-state index < -0.39 is 5.60 Å². The fourth-order valence-corrected chi connectivity index (χ4v) is 3.13. The number of hydrogen-bond donors (Lipinski definition) is 2. The molecule has 0 heterocycles. The summed E-state index contributed by atoms with van der Waals surface area (Å²) in [4.78, 5) is 11.9. The second-order valence-corrected chi connectivity index (χ2v) is 7.10. The minimum absolute atomic E-state index is 0.0500. The van der Waals surface area contributed by atoms with E-state index in [1.807, 2.05) is 20.8 Å². The van der Waals surface area contributed by atoms with Gasteiger partial charge in [0.05, 0.1) is 0 Å². The molecule has 0 saturated carbocycles. The first kappa shape index (κ1) is 16.8. The Labute approximate surface area is 133 Å². The lowest BCUT2D eigenvalue weighted by Gasteiger charge is -2.29. The van der Waals surface area contributed by atoms with Gasteiger partial charge in [0.25, 0.3) is 0 Å². The van der Waals surface area contributed by atoms with Crippen LogP contribution in [-0.2, 0) is 11.2 Å². The summed E-state index contributed by atoms with van der Waals surface area (Å²) < 4.78 is 5.32. The lowest BCUT2D eigenvalue weighted by molar-refractivity contribution is 0.0501. The largest absolute Gasteiger partial charge is 0.444 e. The van der Waals surface area contributed by atoms with E-state index in [4.69, 9.17) is 10.5 Å². The van der Waals surface area contributed by atoms with E-state index in [-0.39, 0.29) is 12.1 Å². The predicted octanol–water partition coefficient (Wildman–Crippen LogP) is 3.35. The molecule has 0 saturated heterocycles. The van der Waals surface area contributed by atoms with Crippen LogP contribution in [0.3, 0.4) is 0 Å². The topological polar surface area (TPSA) is 64.3 Å². The Bertz CT molecular complexity index is 508. The van der Waals surface area contributed by atoms with E-state index in [0.717, 1.165) is 19.3 Å². The van der Waals surface area contributed by atoms with Gasteiger partial charge in [-0.25, -0.2) is 4.79 Å². The Kier molecular flexibility index (Phi) is 5.46. The van der Waals surface area contributed by atoms with Gasteiger partial charge in [-0.3, -0.25) is 0 Å². The van der Waals surface area contributed by atoms with Crippen molar-refractivity contribution in [2.24, 2.45) is 5.73 Å². The zero-order valence-electron chi connectivity index (χ0n) is 13.9. The van der Waals surface area contributed by atoms with Crippen LogP contribution in [0.15, 0.2) is 24.3 Å². The summed E-state index contributed by atoms with van der Waals surface area (Å²) in [6.45, 7) is 6.02. The molecule has 4 heteroatoms. The van der Waals surface area contributed by atoms with Gasteiger partial charge in [0.15, 0.2) is 0 Å². The molecule has 0 spiro atoms. The smallest absolute Gasteiger partial charge is 0.407 e. The molecule has 1 aliphatic rings. The summed E-state index contributed by atoms with van der Waals surface area (Å²) in [6.07, 6.45) is 3.99. The number of rotatable bonds is 4. The number of fused-ring (bicyclic) bond motifs is 1. The third-order valence-corrected chi connectivity index (χ3v) is 4.07. The third-order valence-electron chi connectivity index (χ3n) is 4.07. The summed E-state index contributed by atoms with van der Waals surface area (Å²) in [5.74, 6) is 0.466. The Morgan fingerprint density at radius 1 is 1.41 bits per heavy atom. The number of nitrogens with one attached hydrogen (secondary N) is 1. The van der Waals surface area contributed by atoms with Crippen molar-refractivity contribution < 1.29 is 9.53 Å². The molecule has 1 aliphatic carbocycles. The normalized spacial score (nSPS) is 19.2. The summed E-state index contributed by atoms with van der Waals surface area (Å²) >= 11 is 0. The molecule has 1 amide bonds. The SMILES string of the molecule is CC(C)(C)OC(=O)NC(CN)CC1CCCc2ccccc21. The van der Waals surface area contributed by atoms with Gasteiger partial charge in [0.1, 0.15) is 5.60 Å². The lowest BCUT2D eigenvalue weighted by Crippen LogP contribution is -2.43. The Hall–Kier alpha value is -1.55. The van der Waals surface area contributed by atoms with Gasteiger partial charge in [-0.2, -0.15) is 0 Å². The fraction of sp³-hybridized carbons (Fsp3) is 0.611. The molecule has 22 heavy (non-hydrogen) atoms. The summed E-state index contributed by atoms with van der Waals surface area (Å²) in [5, 5.41) is 2.92. The van der Waals surface area contributed by atoms with Crippen molar-refractivity contribution in [2.45, 2.75) is 64.0 Å². The standard InChI is InChI=1S/C18H28N2O2/c1-18(2,3)22-17(21)20-15(12-19)11-14-9-6-8-13-7-4-5-10-16(13)14/h4-5,7,10,14-15H,6,8-9,11-12,19H2,1-3H3,(H,20,21). The number of benzene rings is 1. The number of alkyl carbamates (subject to hydrolysis) is 1. The molecule has 122 valence electrons. The molecule has 0 fully saturated rings. The van der Waals surface area contributed by atoms with E-state index in [1.54, 1.807) is 0 Å². The maximum absolute atomic E-state index is 11.9. The van der Waals surface area contributed by atoms with Crippen LogP contribution >= 0.6 is 0 Å². The third kappa shape index (κ3) is 4.73. The van der Waals surface area contributed by atoms with Crippen LogP contribution in [0, 0.1) is 0 Å². The highest BCUT2D eigenvalue weighted by molar-refractivity contribution is 5.68. The van der Waals surface area contributed by atoms with Crippen molar-refractivity contribution in [2.75, 3.05) is 6.54 Å². The second kappa shape index (κ2) is 7.14. The molecule has 4 nitrogen and oxygen atoms in total. The second-order valence-electron chi connectivity index (χ2n) is 7.10. The van der Waals surface area contributed by atoms with Gasteiger partial charge in [0, 0.05) is 12.6 Å². The van der Waals surface area contributed by atoms with E-state index in [2.05, 4.69) is 29.6 Å². The summed E-state index contributed by atoms with van der Waals surface area (Å²) in [7, 11) is 0. The quantitative estimate of drug-likeness (QED) is 0.896. The Balaban J connectivity index is 1.98. The molecule has 1 aromatic carbocycles. The molecule has 0 aromatic heterocycles. The maximum atomic E-state index is 11.9. The molecule has 3 N–H and O–H groups in total. The number of carbonyl (C=O) groups excluding carboxylic acids is 1. The number of hydrogen-bond acceptors (Lipinski definition) is 3. The molecule has 2 atom stereocenters. The Morgan fingerprint density at radius 2 is 2.14 bits per heavy atom. The molecule has 1 aromatic rings. The average molecular weight is 304 g/mol.